The van der Waals surface area contributed by atoms with E-state index in [9.17, 15) is 0 Å². The molecule has 1 N–H and O–H groups in total. The fourth-order valence-corrected chi connectivity index (χ4v) is 1.75. The zero-order chi connectivity index (χ0) is 12.2. The van der Waals surface area contributed by atoms with Gasteiger partial charge >= 0.3 is 0 Å². The van der Waals surface area contributed by atoms with Crippen molar-refractivity contribution in [2.45, 2.75) is 65.9 Å². The molecule has 0 aromatic heterocycles. The van der Waals surface area contributed by atoms with Crippen LogP contribution in [0.1, 0.15) is 59.8 Å². The topological polar surface area (TPSA) is 21.3 Å². The number of hydrogen-bond donors (Lipinski definition) is 1. The summed E-state index contributed by atoms with van der Waals surface area (Å²) in [6.07, 6.45) is 6.49. The van der Waals surface area contributed by atoms with Crippen molar-refractivity contribution in [2.24, 2.45) is 5.92 Å². The maximum atomic E-state index is 5.92. The molecule has 0 aliphatic carbocycles. The minimum atomic E-state index is 0.420. The monoisotopic (exact) mass is 229 g/mol. The summed E-state index contributed by atoms with van der Waals surface area (Å²) in [4.78, 5) is 0. The number of ether oxygens (including phenoxy) is 1. The van der Waals surface area contributed by atoms with Crippen molar-refractivity contribution in [3.8, 4) is 0 Å². The van der Waals surface area contributed by atoms with Crippen molar-refractivity contribution < 1.29 is 4.74 Å². The number of nitrogens with one attached hydrogen (secondary N) is 1. The van der Waals surface area contributed by atoms with Gasteiger partial charge in [0.15, 0.2) is 0 Å². The fourth-order valence-electron chi connectivity index (χ4n) is 1.75. The van der Waals surface area contributed by atoms with Gasteiger partial charge in [0, 0.05) is 13.2 Å². The quantitative estimate of drug-likeness (QED) is 0.547. The first-order valence-electron chi connectivity index (χ1n) is 7.03. The van der Waals surface area contributed by atoms with Crippen LogP contribution >= 0.6 is 0 Å². The first-order valence-corrected chi connectivity index (χ1v) is 7.03. The van der Waals surface area contributed by atoms with E-state index in [2.05, 4.69) is 33.0 Å². The lowest BCUT2D eigenvalue weighted by molar-refractivity contribution is 0.0436. The predicted molar refractivity (Wildman–Crippen MR) is 71.9 cm³/mol. The molecule has 0 fully saturated rings. The van der Waals surface area contributed by atoms with E-state index in [1.54, 1.807) is 0 Å². The van der Waals surface area contributed by atoms with Crippen LogP contribution in [0.4, 0.5) is 0 Å². The van der Waals surface area contributed by atoms with Crippen molar-refractivity contribution in [1.82, 2.24) is 5.32 Å². The summed E-state index contributed by atoms with van der Waals surface area (Å²) in [5.74, 6) is 0.798. The van der Waals surface area contributed by atoms with E-state index in [1.807, 2.05) is 0 Å². The van der Waals surface area contributed by atoms with Crippen LogP contribution in [0.5, 0.6) is 0 Å². The number of hydrogen-bond acceptors (Lipinski definition) is 2. The molecule has 2 heteroatoms. The van der Waals surface area contributed by atoms with E-state index in [0.717, 1.165) is 25.6 Å². The summed E-state index contributed by atoms with van der Waals surface area (Å²) in [5.41, 5.74) is 0. The molecule has 0 saturated heterocycles. The second-order valence-electron chi connectivity index (χ2n) is 5.02. The van der Waals surface area contributed by atoms with E-state index in [0.29, 0.717) is 6.10 Å². The third kappa shape index (κ3) is 10.4. The Hall–Kier alpha value is -0.0800. The average Bonchev–Trinajstić information content (AvgIpc) is 2.24. The van der Waals surface area contributed by atoms with E-state index in [1.165, 1.54) is 32.1 Å². The molecule has 98 valence electrons. The van der Waals surface area contributed by atoms with Crippen molar-refractivity contribution >= 4 is 0 Å². The molecule has 0 heterocycles. The highest BCUT2D eigenvalue weighted by atomic mass is 16.5. The van der Waals surface area contributed by atoms with Gasteiger partial charge in [-0.15, -0.1) is 0 Å². The Kier molecular flexibility index (Phi) is 11.3. The first kappa shape index (κ1) is 15.9. The molecule has 0 aliphatic heterocycles. The minimum absolute atomic E-state index is 0.420. The van der Waals surface area contributed by atoms with Crippen LogP contribution in [0.2, 0.25) is 0 Å². The summed E-state index contributed by atoms with van der Waals surface area (Å²) >= 11 is 0. The highest BCUT2D eigenvalue weighted by molar-refractivity contribution is 4.61. The molecule has 0 aromatic rings. The van der Waals surface area contributed by atoms with Gasteiger partial charge < -0.3 is 10.1 Å². The van der Waals surface area contributed by atoms with Crippen LogP contribution in [0.15, 0.2) is 0 Å². The van der Waals surface area contributed by atoms with Crippen LogP contribution in [0.3, 0.4) is 0 Å². The Morgan fingerprint density at radius 3 is 2.38 bits per heavy atom. The van der Waals surface area contributed by atoms with Gasteiger partial charge in [-0.05, 0) is 38.1 Å². The summed E-state index contributed by atoms with van der Waals surface area (Å²) < 4.78 is 5.92. The van der Waals surface area contributed by atoms with Gasteiger partial charge in [0.05, 0.1) is 6.10 Å². The van der Waals surface area contributed by atoms with Crippen LogP contribution in [0, 0.1) is 5.92 Å². The largest absolute Gasteiger partial charge is 0.377 e. The maximum Gasteiger partial charge on any atom is 0.0699 e. The molecule has 0 spiro atoms. The molecule has 16 heavy (non-hydrogen) atoms. The minimum Gasteiger partial charge on any atom is -0.377 e. The van der Waals surface area contributed by atoms with Gasteiger partial charge in [0.2, 0.25) is 0 Å². The smallest absolute Gasteiger partial charge is 0.0699 e. The lowest BCUT2D eigenvalue weighted by atomic mass is 10.1. The SMILES string of the molecule is CCCNCC(CCC)OCCCC(C)C. The van der Waals surface area contributed by atoms with Gasteiger partial charge in [-0.2, -0.15) is 0 Å². The zero-order valence-electron chi connectivity index (χ0n) is 11.7. The molecule has 1 atom stereocenters. The van der Waals surface area contributed by atoms with Gasteiger partial charge in [-0.3, -0.25) is 0 Å². The first-order chi connectivity index (χ1) is 7.70. The zero-order valence-corrected chi connectivity index (χ0v) is 11.7. The third-order valence-electron chi connectivity index (χ3n) is 2.69. The molecule has 0 bridgehead atoms. The molecule has 0 radical (unpaired) electrons. The molecule has 0 rings (SSSR count). The molecule has 0 aromatic carbocycles. The van der Waals surface area contributed by atoms with Crippen LogP contribution in [0.25, 0.3) is 0 Å². The van der Waals surface area contributed by atoms with Crippen LogP contribution < -0.4 is 5.32 Å². The average molecular weight is 229 g/mol. The molecule has 0 saturated carbocycles. The van der Waals surface area contributed by atoms with E-state index < -0.39 is 0 Å². The van der Waals surface area contributed by atoms with Crippen LogP contribution in [-0.2, 0) is 4.74 Å². The summed E-state index contributed by atoms with van der Waals surface area (Å²) in [7, 11) is 0. The maximum absolute atomic E-state index is 5.92. The molecular formula is C14H31NO. The van der Waals surface area contributed by atoms with Gasteiger partial charge in [0.25, 0.3) is 0 Å². The van der Waals surface area contributed by atoms with Crippen molar-refractivity contribution in [3.63, 3.8) is 0 Å². The van der Waals surface area contributed by atoms with Gasteiger partial charge in [-0.25, -0.2) is 0 Å². The Balaban J connectivity index is 3.51. The normalized spacial score (nSPS) is 13.3. The van der Waals surface area contributed by atoms with E-state index in [-0.39, 0.29) is 0 Å². The Morgan fingerprint density at radius 1 is 1.06 bits per heavy atom. The van der Waals surface area contributed by atoms with E-state index in [4.69, 9.17) is 4.74 Å². The lowest BCUT2D eigenvalue weighted by Crippen LogP contribution is -2.30. The Bertz CT molecular complexity index is 137. The summed E-state index contributed by atoms with van der Waals surface area (Å²) in [6, 6.07) is 0. The highest BCUT2D eigenvalue weighted by Crippen LogP contribution is 2.06. The van der Waals surface area contributed by atoms with Crippen molar-refractivity contribution in [1.29, 1.82) is 0 Å². The third-order valence-corrected chi connectivity index (χ3v) is 2.69. The van der Waals surface area contributed by atoms with Gasteiger partial charge in [0.1, 0.15) is 0 Å². The standard InChI is InChI=1S/C14H31NO/c1-5-8-14(12-15-10-6-2)16-11-7-9-13(3)4/h13-15H,5-12H2,1-4H3. The van der Waals surface area contributed by atoms with Crippen molar-refractivity contribution in [2.75, 3.05) is 19.7 Å². The van der Waals surface area contributed by atoms with Crippen molar-refractivity contribution in [3.05, 3.63) is 0 Å². The second kappa shape index (κ2) is 11.4. The number of rotatable bonds is 11. The predicted octanol–water partition coefficient (Wildman–Crippen LogP) is 3.61. The summed E-state index contributed by atoms with van der Waals surface area (Å²) in [6.45, 7) is 12.0. The van der Waals surface area contributed by atoms with E-state index >= 15 is 0 Å². The Labute approximate surface area is 102 Å². The van der Waals surface area contributed by atoms with Gasteiger partial charge in [-0.1, -0.05) is 34.1 Å². The fraction of sp³-hybridized carbons (Fsp3) is 1.00. The molecule has 0 aliphatic rings. The molecule has 0 amide bonds. The molecule has 2 nitrogen and oxygen atoms in total. The molecular weight excluding hydrogens is 198 g/mol. The Morgan fingerprint density at radius 2 is 1.81 bits per heavy atom. The lowest BCUT2D eigenvalue weighted by Gasteiger charge is -2.18. The van der Waals surface area contributed by atoms with Crippen LogP contribution in [-0.4, -0.2) is 25.8 Å². The second-order valence-corrected chi connectivity index (χ2v) is 5.02. The highest BCUT2D eigenvalue weighted by Gasteiger charge is 2.07. The summed E-state index contributed by atoms with van der Waals surface area (Å²) in [5, 5.41) is 3.44. The molecule has 1 unspecified atom stereocenters.